The zero-order valence-electron chi connectivity index (χ0n) is 12.8. The van der Waals surface area contributed by atoms with E-state index >= 15 is 0 Å². The molecule has 0 bridgehead atoms. The van der Waals surface area contributed by atoms with Gasteiger partial charge >= 0.3 is 0 Å². The van der Waals surface area contributed by atoms with Gasteiger partial charge in [0, 0.05) is 18.0 Å². The number of benzene rings is 1. The van der Waals surface area contributed by atoms with Crippen molar-refractivity contribution in [2.24, 2.45) is 5.92 Å². The summed E-state index contributed by atoms with van der Waals surface area (Å²) in [7, 11) is -3.39. The summed E-state index contributed by atoms with van der Waals surface area (Å²) in [5, 5.41) is 6.43. The van der Waals surface area contributed by atoms with E-state index in [0.717, 1.165) is 25.9 Å². The van der Waals surface area contributed by atoms with Gasteiger partial charge in [-0.05, 0) is 56.1 Å². The van der Waals surface area contributed by atoms with Crippen LogP contribution in [0.2, 0.25) is 5.02 Å². The van der Waals surface area contributed by atoms with Crippen molar-refractivity contribution in [1.82, 2.24) is 10.6 Å². The Hall–Kier alpha value is -0.820. The predicted molar refractivity (Wildman–Crippen MR) is 94.0 cm³/mol. The minimum absolute atomic E-state index is 0. The lowest BCUT2D eigenvalue weighted by molar-refractivity contribution is -0.121. The predicted octanol–water partition coefficient (Wildman–Crippen LogP) is 2.04. The highest BCUT2D eigenvalue weighted by molar-refractivity contribution is 7.91. The first-order chi connectivity index (χ1) is 10.5. The van der Waals surface area contributed by atoms with Crippen LogP contribution < -0.4 is 10.6 Å². The van der Waals surface area contributed by atoms with Crippen molar-refractivity contribution in [3.8, 4) is 0 Å². The molecule has 0 saturated carbocycles. The van der Waals surface area contributed by atoms with E-state index in [1.165, 1.54) is 12.1 Å². The third-order valence-electron chi connectivity index (χ3n) is 3.81. The Balaban J connectivity index is 0.00000264. The van der Waals surface area contributed by atoms with Crippen LogP contribution >= 0.6 is 24.0 Å². The molecule has 8 heteroatoms. The van der Waals surface area contributed by atoms with Gasteiger partial charge in [-0.2, -0.15) is 0 Å². The smallest absolute Gasteiger partial charge is 0.220 e. The van der Waals surface area contributed by atoms with E-state index < -0.39 is 9.84 Å². The Labute approximate surface area is 148 Å². The fraction of sp³-hybridized carbons (Fsp3) is 0.533. The molecule has 1 aromatic carbocycles. The maximum absolute atomic E-state index is 12.1. The summed E-state index contributed by atoms with van der Waals surface area (Å²) in [6.07, 6.45) is 2.41. The Morgan fingerprint density at radius 1 is 1.30 bits per heavy atom. The minimum atomic E-state index is -3.39. The highest BCUT2D eigenvalue weighted by atomic mass is 35.5. The summed E-state index contributed by atoms with van der Waals surface area (Å²) < 4.78 is 24.2. The molecular formula is C15H22Cl2N2O3S. The first-order valence-electron chi connectivity index (χ1n) is 7.43. The Kier molecular flexibility index (Phi) is 8.33. The number of amides is 1. The van der Waals surface area contributed by atoms with Gasteiger partial charge in [0.25, 0.3) is 0 Å². The summed E-state index contributed by atoms with van der Waals surface area (Å²) in [6, 6.07) is 6.05. The zero-order chi connectivity index (χ0) is 16.0. The van der Waals surface area contributed by atoms with Crippen molar-refractivity contribution in [2.45, 2.75) is 24.2 Å². The van der Waals surface area contributed by atoms with Crippen molar-refractivity contribution < 1.29 is 13.2 Å². The first kappa shape index (κ1) is 20.2. The molecule has 1 unspecified atom stereocenters. The van der Waals surface area contributed by atoms with Crippen molar-refractivity contribution in [2.75, 3.05) is 25.4 Å². The molecule has 1 aliphatic rings. The van der Waals surface area contributed by atoms with Crippen LogP contribution in [-0.2, 0) is 14.6 Å². The van der Waals surface area contributed by atoms with Crippen LogP contribution in [0.1, 0.15) is 19.3 Å². The van der Waals surface area contributed by atoms with Crippen LogP contribution in [0.4, 0.5) is 0 Å². The maximum Gasteiger partial charge on any atom is 0.220 e. The zero-order valence-corrected chi connectivity index (χ0v) is 15.1. The molecule has 1 fully saturated rings. The summed E-state index contributed by atoms with van der Waals surface area (Å²) in [4.78, 5) is 11.9. The second-order valence-electron chi connectivity index (χ2n) is 5.52. The SMILES string of the molecule is Cl.O=C(CCC1CCNC1)NCCS(=O)(=O)c1ccc(Cl)cc1. The van der Waals surface area contributed by atoms with E-state index in [1.807, 2.05) is 0 Å². The Bertz CT molecular complexity index is 600. The highest BCUT2D eigenvalue weighted by Gasteiger charge is 2.17. The molecule has 23 heavy (non-hydrogen) atoms. The minimum Gasteiger partial charge on any atom is -0.355 e. The van der Waals surface area contributed by atoms with Crippen LogP contribution in [0.5, 0.6) is 0 Å². The molecule has 1 amide bonds. The van der Waals surface area contributed by atoms with Gasteiger partial charge in [-0.15, -0.1) is 12.4 Å². The number of rotatable bonds is 7. The highest BCUT2D eigenvalue weighted by Crippen LogP contribution is 2.15. The van der Waals surface area contributed by atoms with Gasteiger partial charge in [-0.1, -0.05) is 11.6 Å². The largest absolute Gasteiger partial charge is 0.355 e. The maximum atomic E-state index is 12.1. The number of nitrogens with one attached hydrogen (secondary N) is 2. The molecule has 0 aliphatic carbocycles. The van der Waals surface area contributed by atoms with E-state index in [9.17, 15) is 13.2 Å². The van der Waals surface area contributed by atoms with Crippen molar-refractivity contribution in [3.05, 3.63) is 29.3 Å². The molecule has 1 aromatic rings. The van der Waals surface area contributed by atoms with Crippen LogP contribution in [0, 0.1) is 5.92 Å². The second kappa shape index (κ2) is 9.47. The number of hydrogen-bond donors (Lipinski definition) is 2. The van der Waals surface area contributed by atoms with Crippen molar-refractivity contribution in [3.63, 3.8) is 0 Å². The van der Waals surface area contributed by atoms with E-state index in [0.29, 0.717) is 17.4 Å². The van der Waals surface area contributed by atoms with Crippen LogP contribution in [-0.4, -0.2) is 39.7 Å². The van der Waals surface area contributed by atoms with E-state index in [2.05, 4.69) is 10.6 Å². The van der Waals surface area contributed by atoms with Crippen molar-refractivity contribution in [1.29, 1.82) is 0 Å². The molecule has 0 aromatic heterocycles. The number of sulfone groups is 1. The number of carbonyl (C=O) groups is 1. The van der Waals surface area contributed by atoms with Crippen LogP contribution in [0.25, 0.3) is 0 Å². The van der Waals surface area contributed by atoms with Gasteiger partial charge < -0.3 is 10.6 Å². The third kappa shape index (κ3) is 6.67. The van der Waals surface area contributed by atoms with E-state index in [-0.39, 0.29) is 35.5 Å². The second-order valence-corrected chi connectivity index (χ2v) is 8.07. The molecule has 0 radical (unpaired) electrons. The van der Waals surface area contributed by atoms with Gasteiger partial charge in [0.1, 0.15) is 0 Å². The quantitative estimate of drug-likeness (QED) is 0.758. The summed E-state index contributed by atoms with van der Waals surface area (Å²) in [5.74, 6) is 0.368. The fourth-order valence-electron chi connectivity index (χ4n) is 2.47. The lowest BCUT2D eigenvalue weighted by atomic mass is 10.0. The molecule has 0 spiro atoms. The number of hydrogen-bond acceptors (Lipinski definition) is 4. The van der Waals surface area contributed by atoms with Crippen LogP contribution in [0.15, 0.2) is 29.2 Å². The monoisotopic (exact) mass is 380 g/mol. The lowest BCUT2D eigenvalue weighted by Gasteiger charge is -2.09. The number of halogens is 2. The third-order valence-corrected chi connectivity index (χ3v) is 5.79. The molecule has 130 valence electrons. The van der Waals surface area contributed by atoms with Gasteiger partial charge in [0.15, 0.2) is 9.84 Å². The number of carbonyl (C=O) groups excluding carboxylic acids is 1. The molecule has 1 atom stereocenters. The first-order valence-corrected chi connectivity index (χ1v) is 9.46. The van der Waals surface area contributed by atoms with E-state index in [1.54, 1.807) is 12.1 Å². The normalized spacial score (nSPS) is 17.5. The van der Waals surface area contributed by atoms with Crippen LogP contribution in [0.3, 0.4) is 0 Å². The Morgan fingerprint density at radius 2 is 2.00 bits per heavy atom. The summed E-state index contributed by atoms with van der Waals surface area (Å²) in [5.41, 5.74) is 0. The average molecular weight is 381 g/mol. The summed E-state index contributed by atoms with van der Waals surface area (Å²) in [6.45, 7) is 2.12. The molecule has 1 heterocycles. The Morgan fingerprint density at radius 3 is 2.61 bits per heavy atom. The van der Waals surface area contributed by atoms with E-state index in [4.69, 9.17) is 11.6 Å². The van der Waals surface area contributed by atoms with Gasteiger partial charge in [-0.25, -0.2) is 8.42 Å². The average Bonchev–Trinajstić information content (AvgIpc) is 2.99. The topological polar surface area (TPSA) is 75.3 Å². The van der Waals surface area contributed by atoms with Gasteiger partial charge in [0.2, 0.25) is 5.91 Å². The molecule has 1 saturated heterocycles. The molecule has 1 aliphatic heterocycles. The molecular weight excluding hydrogens is 359 g/mol. The van der Waals surface area contributed by atoms with Gasteiger partial charge in [0.05, 0.1) is 10.6 Å². The summed E-state index contributed by atoms with van der Waals surface area (Å²) >= 11 is 5.74. The molecule has 2 N–H and O–H groups in total. The van der Waals surface area contributed by atoms with Crippen molar-refractivity contribution >= 4 is 39.8 Å². The lowest BCUT2D eigenvalue weighted by Crippen LogP contribution is -2.29. The fourth-order valence-corrected chi connectivity index (χ4v) is 3.75. The standard InChI is InChI=1S/C15H21ClN2O3S.ClH/c16-13-2-4-14(5-3-13)22(20,21)10-9-18-15(19)6-1-12-7-8-17-11-12;/h2-5,12,17H,1,6-11H2,(H,18,19);1H. The molecule has 2 rings (SSSR count). The molecule has 5 nitrogen and oxygen atoms in total. The van der Waals surface area contributed by atoms with Gasteiger partial charge in [-0.3, -0.25) is 4.79 Å².